The molecule has 1 aromatic carbocycles. The zero-order valence-corrected chi connectivity index (χ0v) is 17.2. The van der Waals surface area contributed by atoms with Crippen molar-refractivity contribution in [1.82, 2.24) is 15.1 Å². The third kappa shape index (κ3) is 5.71. The van der Waals surface area contributed by atoms with Gasteiger partial charge in [-0.15, -0.1) is 0 Å². The molecule has 1 saturated heterocycles. The Labute approximate surface area is 168 Å². The van der Waals surface area contributed by atoms with E-state index in [0.29, 0.717) is 45.2 Å². The molecule has 1 aliphatic carbocycles. The number of benzene rings is 1. The first-order chi connectivity index (χ1) is 13.5. The molecule has 1 heterocycles. The molecule has 0 atom stereocenters. The number of rotatable bonds is 7. The Morgan fingerprint density at radius 1 is 1.11 bits per heavy atom. The highest BCUT2D eigenvalue weighted by molar-refractivity contribution is 5.78. The van der Waals surface area contributed by atoms with Crippen LogP contribution in [0.4, 0.5) is 4.79 Å². The average molecular weight is 388 g/mol. The van der Waals surface area contributed by atoms with E-state index in [-0.39, 0.29) is 17.4 Å². The summed E-state index contributed by atoms with van der Waals surface area (Å²) in [5.74, 6) is 0.403. The molecule has 0 radical (unpaired) electrons. The number of carbonyl (C=O) groups is 2. The third-order valence-corrected chi connectivity index (χ3v) is 5.62. The van der Waals surface area contributed by atoms with E-state index >= 15 is 0 Å². The topological polar surface area (TPSA) is 61.9 Å². The van der Waals surface area contributed by atoms with Gasteiger partial charge in [0.1, 0.15) is 0 Å². The number of hydrogen-bond acceptors (Lipinski definition) is 4. The molecule has 1 N–H and O–H groups in total. The normalized spacial score (nSPS) is 19.2. The van der Waals surface area contributed by atoms with Gasteiger partial charge in [0.15, 0.2) is 0 Å². The number of nitrogens with zero attached hydrogens (tertiary/aromatic N) is 2. The molecule has 1 aliphatic heterocycles. The zero-order valence-electron chi connectivity index (χ0n) is 17.2. The van der Waals surface area contributed by atoms with Crippen molar-refractivity contribution < 1.29 is 14.3 Å². The first-order valence-corrected chi connectivity index (χ1v) is 10.4. The highest BCUT2D eigenvalue weighted by Crippen LogP contribution is 2.47. The highest BCUT2D eigenvalue weighted by Gasteiger charge is 2.44. The third-order valence-electron chi connectivity index (χ3n) is 5.62. The molecule has 28 heavy (non-hydrogen) atoms. The number of nitrogens with one attached hydrogen (secondary N) is 1. The van der Waals surface area contributed by atoms with Crippen LogP contribution in [0.2, 0.25) is 0 Å². The summed E-state index contributed by atoms with van der Waals surface area (Å²) in [6.07, 6.45) is 2.89. The molecule has 3 rings (SSSR count). The van der Waals surface area contributed by atoms with Gasteiger partial charge in [-0.25, -0.2) is 4.79 Å². The molecular formula is C22H33N3O3. The van der Waals surface area contributed by atoms with Crippen LogP contribution in [0.25, 0.3) is 0 Å². The average Bonchev–Trinajstić information content (AvgIpc) is 3.50. The maximum atomic E-state index is 12.5. The lowest BCUT2D eigenvalue weighted by molar-refractivity contribution is -0.122. The Morgan fingerprint density at radius 2 is 1.86 bits per heavy atom. The van der Waals surface area contributed by atoms with Crippen molar-refractivity contribution in [2.24, 2.45) is 5.92 Å². The molecule has 2 fully saturated rings. The Balaban J connectivity index is 1.41. The number of ether oxygens (including phenoxy) is 1. The molecule has 6 heteroatoms. The molecule has 0 bridgehead atoms. The lowest BCUT2D eigenvalue weighted by Gasteiger charge is -2.22. The summed E-state index contributed by atoms with van der Waals surface area (Å²) in [5, 5.41) is 3.13. The fourth-order valence-electron chi connectivity index (χ4n) is 3.68. The van der Waals surface area contributed by atoms with Crippen molar-refractivity contribution in [3.8, 4) is 0 Å². The van der Waals surface area contributed by atoms with Crippen molar-refractivity contribution in [1.29, 1.82) is 0 Å². The summed E-state index contributed by atoms with van der Waals surface area (Å²) in [7, 11) is 0. The van der Waals surface area contributed by atoms with Crippen LogP contribution in [0.3, 0.4) is 0 Å². The maximum absolute atomic E-state index is 12.5. The maximum Gasteiger partial charge on any atom is 0.409 e. The van der Waals surface area contributed by atoms with Crippen molar-refractivity contribution >= 4 is 12.0 Å². The minimum absolute atomic E-state index is 0.0676. The molecule has 1 saturated carbocycles. The van der Waals surface area contributed by atoms with Crippen molar-refractivity contribution in [3.63, 3.8) is 0 Å². The smallest absolute Gasteiger partial charge is 0.409 e. The summed E-state index contributed by atoms with van der Waals surface area (Å²) in [5.41, 5.74) is 1.45. The molecule has 6 nitrogen and oxygen atoms in total. The molecule has 0 spiro atoms. The van der Waals surface area contributed by atoms with Crippen LogP contribution >= 0.6 is 0 Å². The van der Waals surface area contributed by atoms with Crippen LogP contribution in [0, 0.1) is 5.92 Å². The standard InChI is InChI=1S/C22H33N3O3/c1-18(2)16-28-21(27)25-12-6-11-24(13-14-25)15-20(26)23-17-22(9-10-22)19-7-4-3-5-8-19/h3-5,7-8,18H,6,9-17H2,1-2H3,(H,23,26). The second-order valence-electron chi connectivity index (χ2n) is 8.51. The molecular weight excluding hydrogens is 354 g/mol. The summed E-state index contributed by atoms with van der Waals surface area (Å²) in [6.45, 7) is 8.42. The summed E-state index contributed by atoms with van der Waals surface area (Å²) in [6, 6.07) is 10.5. The van der Waals surface area contributed by atoms with Gasteiger partial charge in [-0.3, -0.25) is 9.69 Å². The molecule has 1 aromatic rings. The van der Waals surface area contributed by atoms with Crippen LogP contribution in [0.5, 0.6) is 0 Å². The first-order valence-electron chi connectivity index (χ1n) is 10.4. The zero-order chi connectivity index (χ0) is 20.0. The molecule has 2 amide bonds. The van der Waals surface area contributed by atoms with Crippen LogP contribution in [-0.4, -0.2) is 67.7 Å². The van der Waals surface area contributed by atoms with E-state index in [9.17, 15) is 9.59 Å². The van der Waals surface area contributed by atoms with Gasteiger partial charge in [-0.2, -0.15) is 0 Å². The summed E-state index contributed by atoms with van der Waals surface area (Å²) < 4.78 is 5.33. The second-order valence-corrected chi connectivity index (χ2v) is 8.51. The summed E-state index contributed by atoms with van der Waals surface area (Å²) >= 11 is 0. The minimum atomic E-state index is -0.237. The van der Waals surface area contributed by atoms with Gasteiger partial charge in [-0.1, -0.05) is 44.2 Å². The number of amides is 2. The predicted molar refractivity (Wildman–Crippen MR) is 109 cm³/mol. The van der Waals surface area contributed by atoms with E-state index in [1.807, 2.05) is 19.9 Å². The molecule has 154 valence electrons. The van der Waals surface area contributed by atoms with Crippen molar-refractivity contribution in [2.45, 2.75) is 38.5 Å². The quantitative estimate of drug-likeness (QED) is 0.781. The second kappa shape index (κ2) is 9.41. The van der Waals surface area contributed by atoms with Crippen LogP contribution in [-0.2, 0) is 14.9 Å². The van der Waals surface area contributed by atoms with Gasteiger partial charge in [0, 0.05) is 38.1 Å². The fraction of sp³-hybridized carbons (Fsp3) is 0.636. The first kappa shape index (κ1) is 20.6. The van der Waals surface area contributed by atoms with E-state index in [0.717, 1.165) is 25.8 Å². The Hall–Kier alpha value is -2.08. The number of hydrogen-bond donors (Lipinski definition) is 1. The van der Waals surface area contributed by atoms with E-state index < -0.39 is 0 Å². The largest absolute Gasteiger partial charge is 0.449 e. The fourth-order valence-corrected chi connectivity index (χ4v) is 3.68. The van der Waals surface area contributed by atoms with E-state index in [1.54, 1.807) is 4.90 Å². The highest BCUT2D eigenvalue weighted by atomic mass is 16.6. The van der Waals surface area contributed by atoms with Crippen LogP contribution in [0.1, 0.15) is 38.7 Å². The van der Waals surface area contributed by atoms with Gasteiger partial charge >= 0.3 is 6.09 Å². The van der Waals surface area contributed by atoms with Crippen molar-refractivity contribution in [2.75, 3.05) is 45.9 Å². The van der Waals surface area contributed by atoms with Crippen molar-refractivity contribution in [3.05, 3.63) is 35.9 Å². The molecule has 2 aliphatic rings. The van der Waals surface area contributed by atoms with Crippen LogP contribution < -0.4 is 5.32 Å². The van der Waals surface area contributed by atoms with Gasteiger partial charge < -0.3 is 15.0 Å². The van der Waals surface area contributed by atoms with Crippen LogP contribution in [0.15, 0.2) is 30.3 Å². The van der Waals surface area contributed by atoms with E-state index in [2.05, 4.69) is 34.5 Å². The summed E-state index contributed by atoms with van der Waals surface area (Å²) in [4.78, 5) is 28.5. The van der Waals surface area contributed by atoms with Gasteiger partial charge in [-0.05, 0) is 30.7 Å². The van der Waals surface area contributed by atoms with E-state index in [1.165, 1.54) is 5.56 Å². The Bertz CT molecular complexity index is 658. The minimum Gasteiger partial charge on any atom is -0.449 e. The SMILES string of the molecule is CC(C)COC(=O)N1CCCN(CC(=O)NCC2(c3ccccc3)CC2)CC1. The lowest BCUT2D eigenvalue weighted by Crippen LogP contribution is -2.42. The van der Waals surface area contributed by atoms with E-state index in [4.69, 9.17) is 4.74 Å². The number of carbonyl (C=O) groups excluding carboxylic acids is 2. The molecule has 0 aromatic heterocycles. The van der Waals surface area contributed by atoms with Gasteiger partial charge in [0.2, 0.25) is 5.91 Å². The Kier molecular flexibility index (Phi) is 6.94. The Morgan fingerprint density at radius 3 is 2.54 bits per heavy atom. The monoisotopic (exact) mass is 387 g/mol. The van der Waals surface area contributed by atoms with Gasteiger partial charge in [0.25, 0.3) is 0 Å². The van der Waals surface area contributed by atoms with Gasteiger partial charge in [0.05, 0.1) is 13.2 Å². The lowest BCUT2D eigenvalue weighted by atomic mass is 9.96. The molecule has 0 unspecified atom stereocenters. The predicted octanol–water partition coefficient (Wildman–Crippen LogP) is 2.63.